The van der Waals surface area contributed by atoms with Crippen molar-refractivity contribution < 1.29 is 17.9 Å². The molecule has 5 nitrogen and oxygen atoms in total. The van der Waals surface area contributed by atoms with E-state index in [1.807, 2.05) is 48.5 Å². The second kappa shape index (κ2) is 8.87. The number of ether oxygens (including phenoxy) is 2. The number of benzene rings is 2. The standard InChI is InChI=1S/C20H25NO4S/c1-5-16(2)26(22,23)21(14-17-6-10-19(24-3)11-7-17)15-18-8-12-20(25-4)13-9-18/h6-13H,2,5,14-15H2,1,3-4H3. The van der Waals surface area contributed by atoms with E-state index in [-0.39, 0.29) is 18.0 Å². The van der Waals surface area contributed by atoms with Crippen LogP contribution in [0.15, 0.2) is 60.0 Å². The molecule has 0 aliphatic carbocycles. The summed E-state index contributed by atoms with van der Waals surface area (Å²) in [6.07, 6.45) is 0.379. The number of allylic oxidation sites excluding steroid dienone is 1. The molecule has 6 heteroatoms. The van der Waals surface area contributed by atoms with Crippen molar-refractivity contribution in [1.29, 1.82) is 0 Å². The first-order valence-electron chi connectivity index (χ1n) is 8.34. The highest BCUT2D eigenvalue weighted by Crippen LogP contribution is 2.23. The number of nitrogens with zero attached hydrogens (tertiary/aromatic N) is 1. The third-order valence-electron chi connectivity index (χ3n) is 4.14. The highest BCUT2D eigenvalue weighted by atomic mass is 32.2. The summed E-state index contributed by atoms with van der Waals surface area (Å²) in [4.78, 5) is 0.208. The van der Waals surface area contributed by atoms with Gasteiger partial charge in [-0.3, -0.25) is 0 Å². The van der Waals surface area contributed by atoms with E-state index in [1.165, 1.54) is 4.31 Å². The average Bonchev–Trinajstić information content (AvgIpc) is 2.67. The summed E-state index contributed by atoms with van der Waals surface area (Å²) in [5, 5.41) is 0. The van der Waals surface area contributed by atoms with Crippen molar-refractivity contribution in [2.24, 2.45) is 0 Å². The minimum absolute atomic E-state index is 0.208. The lowest BCUT2D eigenvalue weighted by molar-refractivity contribution is 0.400. The van der Waals surface area contributed by atoms with E-state index in [1.54, 1.807) is 21.1 Å². The number of hydrogen-bond donors (Lipinski definition) is 0. The Morgan fingerprint density at radius 2 is 1.27 bits per heavy atom. The van der Waals surface area contributed by atoms with E-state index >= 15 is 0 Å². The lowest BCUT2D eigenvalue weighted by Gasteiger charge is -2.23. The zero-order chi connectivity index (χ0) is 19.2. The van der Waals surface area contributed by atoms with Crippen LogP contribution in [0.2, 0.25) is 0 Å². The van der Waals surface area contributed by atoms with Crippen LogP contribution in [0.4, 0.5) is 0 Å². The molecule has 0 amide bonds. The van der Waals surface area contributed by atoms with Gasteiger partial charge in [-0.05, 0) is 41.8 Å². The van der Waals surface area contributed by atoms with E-state index in [0.717, 1.165) is 22.6 Å². The van der Waals surface area contributed by atoms with Crippen LogP contribution in [0.1, 0.15) is 24.5 Å². The van der Waals surface area contributed by atoms with Gasteiger partial charge < -0.3 is 9.47 Å². The van der Waals surface area contributed by atoms with Crippen molar-refractivity contribution in [3.63, 3.8) is 0 Å². The fraction of sp³-hybridized carbons (Fsp3) is 0.300. The molecule has 0 fully saturated rings. The molecule has 0 saturated heterocycles. The van der Waals surface area contributed by atoms with E-state index in [0.29, 0.717) is 6.42 Å². The van der Waals surface area contributed by atoms with Crippen LogP contribution in [-0.2, 0) is 23.1 Å². The Morgan fingerprint density at radius 1 is 0.885 bits per heavy atom. The SMILES string of the molecule is C=C(CC)S(=O)(=O)N(Cc1ccc(OC)cc1)Cc1ccc(OC)cc1. The molecule has 2 rings (SSSR count). The van der Waals surface area contributed by atoms with Crippen LogP contribution in [0, 0.1) is 0 Å². The molecule has 0 atom stereocenters. The molecule has 0 radical (unpaired) electrons. The molecule has 0 aliphatic rings. The molecule has 2 aromatic rings. The van der Waals surface area contributed by atoms with Crippen LogP contribution in [0.5, 0.6) is 11.5 Å². The van der Waals surface area contributed by atoms with Gasteiger partial charge in [-0.2, -0.15) is 4.31 Å². The molecule has 0 aromatic heterocycles. The summed E-state index contributed by atoms with van der Waals surface area (Å²) in [7, 11) is -0.407. The van der Waals surface area contributed by atoms with Gasteiger partial charge in [0.1, 0.15) is 11.5 Å². The molecule has 0 N–H and O–H groups in total. The fourth-order valence-electron chi connectivity index (χ4n) is 2.46. The Balaban J connectivity index is 2.29. The summed E-state index contributed by atoms with van der Waals surface area (Å²) in [5.41, 5.74) is 1.76. The van der Waals surface area contributed by atoms with Crippen molar-refractivity contribution in [3.05, 3.63) is 71.1 Å². The number of hydrogen-bond acceptors (Lipinski definition) is 4. The summed E-state index contributed by atoms with van der Waals surface area (Å²) in [6, 6.07) is 14.7. The summed E-state index contributed by atoms with van der Waals surface area (Å²) in [5.74, 6) is 1.47. The molecule has 2 aromatic carbocycles. The van der Waals surface area contributed by atoms with E-state index in [2.05, 4.69) is 6.58 Å². The van der Waals surface area contributed by atoms with Crippen LogP contribution >= 0.6 is 0 Å². The Hall–Kier alpha value is -2.31. The second-order valence-electron chi connectivity index (χ2n) is 5.86. The third kappa shape index (κ3) is 4.86. The van der Waals surface area contributed by atoms with Crippen molar-refractivity contribution in [2.75, 3.05) is 14.2 Å². The van der Waals surface area contributed by atoms with Crippen LogP contribution in [-0.4, -0.2) is 26.9 Å². The second-order valence-corrected chi connectivity index (χ2v) is 7.91. The summed E-state index contributed by atoms with van der Waals surface area (Å²) in [6.45, 7) is 6.05. The maximum Gasteiger partial charge on any atom is 0.239 e. The van der Waals surface area contributed by atoms with Gasteiger partial charge in [0, 0.05) is 13.1 Å². The molecule has 0 aliphatic heterocycles. The Kier molecular flexibility index (Phi) is 6.83. The third-order valence-corrected chi connectivity index (χ3v) is 6.09. The quantitative estimate of drug-likeness (QED) is 0.666. The first-order valence-corrected chi connectivity index (χ1v) is 9.78. The molecule has 0 spiro atoms. The van der Waals surface area contributed by atoms with Crippen molar-refractivity contribution in [3.8, 4) is 11.5 Å². The van der Waals surface area contributed by atoms with Crippen LogP contribution in [0.25, 0.3) is 0 Å². The fourth-order valence-corrected chi connectivity index (χ4v) is 3.83. The average molecular weight is 375 g/mol. The van der Waals surface area contributed by atoms with Gasteiger partial charge in [-0.15, -0.1) is 0 Å². The lowest BCUT2D eigenvalue weighted by atomic mass is 10.2. The molecule has 26 heavy (non-hydrogen) atoms. The predicted octanol–water partition coefficient (Wildman–Crippen LogP) is 3.96. The molecule has 0 unspecified atom stereocenters. The van der Waals surface area contributed by atoms with Gasteiger partial charge in [0.25, 0.3) is 0 Å². The summed E-state index contributed by atoms with van der Waals surface area (Å²) < 4.78 is 37.5. The zero-order valence-electron chi connectivity index (χ0n) is 15.4. The van der Waals surface area contributed by atoms with Crippen molar-refractivity contribution in [2.45, 2.75) is 26.4 Å². The smallest absolute Gasteiger partial charge is 0.239 e. The Bertz CT molecular complexity index is 778. The summed E-state index contributed by atoms with van der Waals surface area (Å²) >= 11 is 0. The van der Waals surface area contributed by atoms with Crippen LogP contribution < -0.4 is 9.47 Å². The number of sulfonamides is 1. The maximum atomic E-state index is 12.9. The lowest BCUT2D eigenvalue weighted by Crippen LogP contribution is -2.30. The largest absolute Gasteiger partial charge is 0.497 e. The van der Waals surface area contributed by atoms with Gasteiger partial charge in [0.05, 0.1) is 19.1 Å². The van der Waals surface area contributed by atoms with E-state index in [4.69, 9.17) is 9.47 Å². The first kappa shape index (κ1) is 20.0. The van der Waals surface area contributed by atoms with E-state index in [9.17, 15) is 8.42 Å². The molecule has 0 saturated carbocycles. The molecule has 0 bridgehead atoms. The Labute approximate surface area is 155 Å². The van der Waals surface area contributed by atoms with E-state index < -0.39 is 10.0 Å². The Morgan fingerprint density at radius 3 is 1.58 bits per heavy atom. The zero-order valence-corrected chi connectivity index (χ0v) is 16.3. The van der Waals surface area contributed by atoms with Crippen molar-refractivity contribution >= 4 is 10.0 Å². The maximum absolute atomic E-state index is 12.9. The van der Waals surface area contributed by atoms with Gasteiger partial charge in [0.2, 0.25) is 10.0 Å². The van der Waals surface area contributed by atoms with Crippen LogP contribution in [0.3, 0.4) is 0 Å². The van der Waals surface area contributed by atoms with Gasteiger partial charge in [-0.25, -0.2) is 8.42 Å². The molecular weight excluding hydrogens is 350 g/mol. The predicted molar refractivity (Wildman–Crippen MR) is 104 cm³/mol. The highest BCUT2D eigenvalue weighted by Gasteiger charge is 2.25. The molecular formula is C20H25NO4S. The molecule has 0 heterocycles. The van der Waals surface area contributed by atoms with Crippen molar-refractivity contribution in [1.82, 2.24) is 4.31 Å². The normalized spacial score (nSPS) is 11.4. The number of methoxy groups -OCH3 is 2. The van der Waals surface area contributed by atoms with Gasteiger partial charge in [-0.1, -0.05) is 37.8 Å². The monoisotopic (exact) mass is 375 g/mol. The van der Waals surface area contributed by atoms with Gasteiger partial charge in [0.15, 0.2) is 0 Å². The minimum atomic E-state index is -3.60. The van der Waals surface area contributed by atoms with Gasteiger partial charge >= 0.3 is 0 Å². The first-order chi connectivity index (χ1) is 12.4. The molecule has 140 valence electrons. The minimum Gasteiger partial charge on any atom is -0.497 e. The number of rotatable bonds is 9. The topological polar surface area (TPSA) is 55.8 Å². The highest BCUT2D eigenvalue weighted by molar-refractivity contribution is 7.92.